The van der Waals surface area contributed by atoms with E-state index in [1.54, 1.807) is 29.3 Å². The lowest BCUT2D eigenvalue weighted by Gasteiger charge is -2.14. The van der Waals surface area contributed by atoms with Crippen molar-refractivity contribution >= 4 is 70.9 Å². The third-order valence-corrected chi connectivity index (χ3v) is 6.46. The van der Waals surface area contributed by atoms with Gasteiger partial charge in [0.05, 0.1) is 29.9 Å². The number of aromatic nitrogens is 1. The Balaban J connectivity index is 0.000000612. The molecule has 10 nitrogen and oxygen atoms in total. The molecule has 14 heteroatoms. The molecule has 0 spiro atoms. The molecule has 2 amide bonds. The van der Waals surface area contributed by atoms with Crippen molar-refractivity contribution in [3.8, 4) is 10.6 Å². The van der Waals surface area contributed by atoms with Crippen LogP contribution in [0.5, 0.6) is 0 Å². The molecular weight excluding hydrogens is 623 g/mol. The van der Waals surface area contributed by atoms with Crippen LogP contribution in [0.2, 0.25) is 10.0 Å². The topological polar surface area (TPSA) is 119 Å². The van der Waals surface area contributed by atoms with Crippen LogP contribution in [0.4, 0.5) is 5.82 Å². The number of benzene rings is 1. The highest BCUT2D eigenvalue weighted by atomic mass is 35.5. The molecule has 0 radical (unpaired) electrons. The van der Waals surface area contributed by atoms with Gasteiger partial charge in [0.15, 0.2) is 0 Å². The summed E-state index contributed by atoms with van der Waals surface area (Å²) in [5, 5.41) is 9.00. The maximum Gasteiger partial charge on any atom is 0.293 e. The molecule has 2 N–H and O–H groups in total. The van der Waals surface area contributed by atoms with Gasteiger partial charge < -0.3 is 29.7 Å². The van der Waals surface area contributed by atoms with E-state index in [-0.39, 0.29) is 18.1 Å². The molecule has 0 bridgehead atoms. The van der Waals surface area contributed by atoms with Crippen molar-refractivity contribution in [2.75, 3.05) is 70.9 Å². The fraction of sp³-hybridized carbons (Fsp3) is 0.571. The predicted molar refractivity (Wildman–Crippen MR) is 175 cm³/mol. The molecule has 42 heavy (non-hydrogen) atoms. The van der Waals surface area contributed by atoms with Crippen molar-refractivity contribution in [1.82, 2.24) is 15.2 Å². The first-order valence-electron chi connectivity index (χ1n) is 13.2. The van der Waals surface area contributed by atoms with Crippen LogP contribution in [0.25, 0.3) is 10.6 Å². The lowest BCUT2D eigenvalue weighted by Crippen LogP contribution is -2.31. The third kappa shape index (κ3) is 20.1. The molecule has 3 rings (SSSR count). The predicted octanol–water partition coefficient (Wildman–Crippen LogP) is 5.48. The molecule has 1 aromatic carbocycles. The first kappa shape index (κ1) is 40.1. The number of likely N-dealkylation sites (N-methyl/N-ethyl adjacent to an activating group) is 1. The molecule has 1 aromatic heterocycles. The number of halogens is 2. The minimum atomic E-state index is -0.318. The minimum Gasteiger partial charge on any atom is -0.462 e. The van der Waals surface area contributed by atoms with Crippen LogP contribution in [0, 0.1) is 0 Å². The van der Waals surface area contributed by atoms with Crippen molar-refractivity contribution in [1.29, 1.82) is 0 Å². The second-order valence-corrected chi connectivity index (χ2v) is 12.0. The van der Waals surface area contributed by atoms with Gasteiger partial charge in [-0.25, -0.2) is 4.98 Å². The van der Waals surface area contributed by atoms with Crippen LogP contribution >= 0.6 is 46.3 Å². The number of carbonyl (C=O) groups is 3. The van der Waals surface area contributed by atoms with E-state index < -0.39 is 0 Å². The number of anilines is 1. The summed E-state index contributed by atoms with van der Waals surface area (Å²) >= 11 is 14.9. The average Bonchev–Trinajstić information content (AvgIpc) is 3.64. The van der Waals surface area contributed by atoms with E-state index in [4.69, 9.17) is 32.7 Å². The zero-order valence-electron chi connectivity index (χ0n) is 25.2. The summed E-state index contributed by atoms with van der Waals surface area (Å²) in [6.07, 6.45) is 6.92. The third-order valence-electron chi connectivity index (χ3n) is 4.83. The SMILES string of the molecule is CC(C)(C)OC=O.CNCCOCCOCC(=O)N1CCCC1.CSC.O=CNc1csc(-c2ccc(Cl)c(Cl)c2)n1. The van der Waals surface area contributed by atoms with E-state index >= 15 is 0 Å². The van der Waals surface area contributed by atoms with Gasteiger partial charge in [-0.1, -0.05) is 29.3 Å². The zero-order valence-corrected chi connectivity index (χ0v) is 28.4. The Labute approximate surface area is 268 Å². The number of amides is 2. The van der Waals surface area contributed by atoms with Gasteiger partial charge in [0.25, 0.3) is 6.47 Å². The molecule has 0 atom stereocenters. The van der Waals surface area contributed by atoms with Crippen LogP contribution in [-0.4, -0.2) is 99.9 Å². The Morgan fingerprint density at radius 2 is 1.74 bits per heavy atom. The largest absolute Gasteiger partial charge is 0.462 e. The van der Waals surface area contributed by atoms with Gasteiger partial charge in [-0.05, 0) is 65.3 Å². The van der Waals surface area contributed by atoms with Crippen molar-refractivity contribution in [2.45, 2.75) is 39.2 Å². The van der Waals surface area contributed by atoms with Gasteiger partial charge in [-0.3, -0.25) is 14.4 Å². The van der Waals surface area contributed by atoms with E-state index in [0.717, 1.165) is 43.0 Å². The zero-order chi connectivity index (χ0) is 31.8. The molecule has 1 aliphatic heterocycles. The fourth-order valence-corrected chi connectivity index (χ4v) is 3.97. The van der Waals surface area contributed by atoms with Gasteiger partial charge in [-0.2, -0.15) is 11.8 Å². The summed E-state index contributed by atoms with van der Waals surface area (Å²) in [6.45, 7) is 10.5. The van der Waals surface area contributed by atoms with Crippen LogP contribution in [0.1, 0.15) is 33.6 Å². The Morgan fingerprint density at radius 1 is 1.10 bits per heavy atom. The summed E-state index contributed by atoms with van der Waals surface area (Å²) in [7, 11) is 1.88. The summed E-state index contributed by atoms with van der Waals surface area (Å²) in [6, 6.07) is 5.29. The maximum absolute atomic E-state index is 11.5. The Hall–Kier alpha value is -1.93. The van der Waals surface area contributed by atoms with E-state index in [1.165, 1.54) is 11.3 Å². The first-order chi connectivity index (χ1) is 20.0. The standard InChI is InChI=1S/C11H22N2O3.C10H6Cl2N2OS.C5H10O2.C2H6S/c1-12-4-7-15-8-9-16-10-11(14)13-5-2-3-6-13;11-7-2-1-6(3-8(7)12)10-14-9(4-16-10)13-5-15;1-5(2,3)7-4-6;1-3-2/h12H,2-10H2,1H3;1-5H,(H,13,15);4H,1-3H3;1-2H3. The lowest BCUT2D eigenvalue weighted by molar-refractivity contribution is -0.138. The van der Waals surface area contributed by atoms with E-state index in [9.17, 15) is 14.4 Å². The monoisotopic (exact) mass is 666 g/mol. The number of thioether (sulfide) groups is 1. The smallest absolute Gasteiger partial charge is 0.293 e. The molecule has 1 saturated heterocycles. The van der Waals surface area contributed by atoms with Crippen LogP contribution in [0.15, 0.2) is 23.6 Å². The molecule has 1 aliphatic rings. The number of likely N-dealkylation sites (tertiary alicyclic amines) is 1. The molecule has 0 unspecified atom stereocenters. The molecule has 2 heterocycles. The maximum atomic E-state index is 11.5. The number of ether oxygens (including phenoxy) is 3. The minimum absolute atomic E-state index is 0.104. The Kier molecular flexibility index (Phi) is 23.4. The summed E-state index contributed by atoms with van der Waals surface area (Å²) < 4.78 is 15.1. The number of nitrogens with one attached hydrogen (secondary N) is 2. The van der Waals surface area contributed by atoms with Gasteiger partial charge in [0.1, 0.15) is 23.0 Å². The van der Waals surface area contributed by atoms with E-state index in [0.29, 0.717) is 48.6 Å². The molecule has 0 aliphatic carbocycles. The molecular formula is C28H44Cl2N4O6S2. The summed E-state index contributed by atoms with van der Waals surface area (Å²) in [5.41, 5.74) is 0.556. The highest BCUT2D eigenvalue weighted by Gasteiger charge is 2.17. The summed E-state index contributed by atoms with van der Waals surface area (Å²) in [4.78, 5) is 37.4. The summed E-state index contributed by atoms with van der Waals surface area (Å²) in [5.74, 6) is 0.633. The molecule has 238 valence electrons. The highest BCUT2D eigenvalue weighted by Crippen LogP contribution is 2.31. The first-order valence-corrected chi connectivity index (χ1v) is 16.5. The molecule has 0 saturated carbocycles. The van der Waals surface area contributed by atoms with E-state index in [1.807, 2.05) is 51.3 Å². The fourth-order valence-electron chi connectivity index (χ4n) is 2.92. The van der Waals surface area contributed by atoms with Crippen molar-refractivity contribution < 1.29 is 28.6 Å². The second kappa shape index (κ2) is 24.5. The van der Waals surface area contributed by atoms with Crippen LogP contribution in [-0.2, 0) is 28.6 Å². The van der Waals surface area contributed by atoms with Gasteiger partial charge in [-0.15, -0.1) is 11.3 Å². The number of carbonyl (C=O) groups excluding carboxylic acids is 3. The molecule has 1 fully saturated rings. The number of hydrogen-bond acceptors (Lipinski definition) is 10. The second-order valence-electron chi connectivity index (χ2n) is 9.52. The normalized spacial score (nSPS) is 12.0. The number of thiazole rings is 1. The van der Waals surface area contributed by atoms with Gasteiger partial charge in [0, 0.05) is 30.6 Å². The highest BCUT2D eigenvalue weighted by molar-refractivity contribution is 7.97. The van der Waals surface area contributed by atoms with Gasteiger partial charge in [0.2, 0.25) is 12.3 Å². The van der Waals surface area contributed by atoms with Crippen LogP contribution < -0.4 is 10.6 Å². The molecule has 2 aromatic rings. The van der Waals surface area contributed by atoms with Crippen molar-refractivity contribution in [3.05, 3.63) is 33.6 Å². The van der Waals surface area contributed by atoms with Gasteiger partial charge >= 0.3 is 0 Å². The average molecular weight is 668 g/mol. The van der Waals surface area contributed by atoms with Crippen molar-refractivity contribution in [2.24, 2.45) is 0 Å². The van der Waals surface area contributed by atoms with Crippen LogP contribution in [0.3, 0.4) is 0 Å². The lowest BCUT2D eigenvalue weighted by atomic mass is 10.2. The Bertz CT molecular complexity index is 1020. The van der Waals surface area contributed by atoms with Crippen molar-refractivity contribution in [3.63, 3.8) is 0 Å². The number of rotatable bonds is 12. The number of nitrogens with zero attached hydrogens (tertiary/aromatic N) is 2. The number of hydrogen-bond donors (Lipinski definition) is 2. The Morgan fingerprint density at radius 3 is 2.26 bits per heavy atom. The van der Waals surface area contributed by atoms with E-state index in [2.05, 4.69) is 20.4 Å². The quantitative estimate of drug-likeness (QED) is 0.224.